The topological polar surface area (TPSA) is 49.3 Å². The number of nitrogens with one attached hydrogen (secondary N) is 1. The van der Waals surface area contributed by atoms with E-state index < -0.39 is 42.0 Å². The minimum absolute atomic E-state index is 0.00848. The van der Waals surface area contributed by atoms with E-state index in [1.807, 2.05) is 0 Å². The Hall–Kier alpha value is -1.77. The summed E-state index contributed by atoms with van der Waals surface area (Å²) in [5.74, 6) is -1.22. The average molecular weight is 357 g/mol. The van der Waals surface area contributed by atoms with Crippen LogP contribution >= 0.6 is 0 Å². The molecule has 0 radical (unpaired) electrons. The van der Waals surface area contributed by atoms with E-state index in [1.54, 1.807) is 13.8 Å². The zero-order chi connectivity index (χ0) is 18.7. The fraction of sp³-hybridized carbons (Fsp3) is 0.533. The number of rotatable bonds is 6. The molecule has 2 N–H and O–H groups in total. The first kappa shape index (κ1) is 20.3. The van der Waals surface area contributed by atoms with Gasteiger partial charge in [0.05, 0.1) is 11.1 Å². The van der Waals surface area contributed by atoms with Crippen molar-refractivity contribution in [3.05, 3.63) is 34.9 Å². The van der Waals surface area contributed by atoms with Crippen LogP contribution in [0.25, 0.3) is 0 Å². The third-order valence-electron chi connectivity index (χ3n) is 3.21. The molecular formula is C15H17F6NO2. The van der Waals surface area contributed by atoms with Crippen LogP contribution in [-0.4, -0.2) is 17.1 Å². The minimum atomic E-state index is -4.93. The van der Waals surface area contributed by atoms with Gasteiger partial charge in [0.25, 0.3) is 0 Å². The van der Waals surface area contributed by atoms with Gasteiger partial charge in [-0.05, 0) is 36.1 Å². The van der Waals surface area contributed by atoms with Crippen LogP contribution in [0.5, 0.6) is 0 Å². The van der Waals surface area contributed by atoms with Crippen LogP contribution in [-0.2, 0) is 23.7 Å². The molecule has 0 aliphatic carbocycles. The molecule has 3 nitrogen and oxygen atoms in total. The van der Waals surface area contributed by atoms with Crippen molar-refractivity contribution in [1.29, 1.82) is 0 Å². The summed E-state index contributed by atoms with van der Waals surface area (Å²) in [5.41, 5.74) is -3.14. The lowest BCUT2D eigenvalue weighted by Gasteiger charge is -2.18. The minimum Gasteiger partial charge on any atom is -0.480 e. The van der Waals surface area contributed by atoms with E-state index in [4.69, 9.17) is 5.11 Å². The predicted molar refractivity (Wildman–Crippen MR) is 74.2 cm³/mol. The monoisotopic (exact) mass is 357 g/mol. The molecule has 0 aromatic heterocycles. The summed E-state index contributed by atoms with van der Waals surface area (Å²) in [7, 11) is 0. The molecule has 0 spiro atoms. The number of benzene rings is 1. The maximum atomic E-state index is 12.8. The van der Waals surface area contributed by atoms with Crippen molar-refractivity contribution in [2.24, 2.45) is 5.92 Å². The lowest BCUT2D eigenvalue weighted by molar-refractivity contribution is -0.143. The highest BCUT2D eigenvalue weighted by molar-refractivity contribution is 5.73. The van der Waals surface area contributed by atoms with Crippen molar-refractivity contribution < 1.29 is 36.2 Å². The van der Waals surface area contributed by atoms with Gasteiger partial charge in [-0.25, -0.2) is 0 Å². The summed E-state index contributed by atoms with van der Waals surface area (Å²) < 4.78 is 76.5. The number of carbonyl (C=O) groups is 1. The van der Waals surface area contributed by atoms with Crippen LogP contribution in [0.1, 0.15) is 37.0 Å². The molecule has 1 aromatic carbocycles. The third-order valence-corrected chi connectivity index (χ3v) is 3.21. The molecule has 0 amide bonds. The highest BCUT2D eigenvalue weighted by Gasteiger charge is 2.36. The number of hydrogen-bond donors (Lipinski definition) is 2. The number of halogens is 6. The van der Waals surface area contributed by atoms with Crippen LogP contribution < -0.4 is 5.32 Å². The quantitative estimate of drug-likeness (QED) is 0.746. The van der Waals surface area contributed by atoms with Gasteiger partial charge in [-0.1, -0.05) is 13.8 Å². The summed E-state index contributed by atoms with van der Waals surface area (Å²) in [5, 5.41) is 11.5. The standard InChI is InChI=1S/C15H17F6NO2/c1-8(2)3-12(13(23)24)22-7-9-4-10(14(16,17)18)6-11(5-9)15(19,20)21/h4-6,8,12,22H,3,7H2,1-2H3,(H,23,24)/t12-/m0/s1. The second-order valence-electron chi connectivity index (χ2n) is 5.82. The van der Waals surface area contributed by atoms with E-state index >= 15 is 0 Å². The summed E-state index contributed by atoms with van der Waals surface area (Å²) in [6.45, 7) is 3.09. The van der Waals surface area contributed by atoms with Gasteiger partial charge in [0.15, 0.2) is 0 Å². The Morgan fingerprint density at radius 3 is 1.83 bits per heavy atom. The Bertz CT molecular complexity index is 548. The van der Waals surface area contributed by atoms with Crippen LogP contribution in [0.3, 0.4) is 0 Å². The first-order valence-electron chi connectivity index (χ1n) is 7.05. The second-order valence-corrected chi connectivity index (χ2v) is 5.82. The van der Waals surface area contributed by atoms with Crippen molar-refractivity contribution in [2.75, 3.05) is 0 Å². The van der Waals surface area contributed by atoms with Gasteiger partial charge in [-0.2, -0.15) is 26.3 Å². The number of carboxylic acid groups (broad SMARTS) is 1. The second kappa shape index (κ2) is 7.42. The van der Waals surface area contributed by atoms with E-state index in [0.29, 0.717) is 12.1 Å². The number of carboxylic acids is 1. The lowest BCUT2D eigenvalue weighted by atomic mass is 10.0. The highest BCUT2D eigenvalue weighted by atomic mass is 19.4. The number of aliphatic carboxylic acids is 1. The van der Waals surface area contributed by atoms with Crippen molar-refractivity contribution in [3.63, 3.8) is 0 Å². The van der Waals surface area contributed by atoms with E-state index in [9.17, 15) is 31.1 Å². The maximum Gasteiger partial charge on any atom is 0.416 e. The molecule has 0 saturated carbocycles. The van der Waals surface area contributed by atoms with Gasteiger partial charge in [-0.3, -0.25) is 4.79 Å². The Labute approximate surface area is 134 Å². The van der Waals surface area contributed by atoms with Crippen LogP contribution in [0.2, 0.25) is 0 Å². The smallest absolute Gasteiger partial charge is 0.416 e. The van der Waals surface area contributed by atoms with Gasteiger partial charge in [0.1, 0.15) is 6.04 Å². The molecule has 0 fully saturated rings. The molecule has 136 valence electrons. The van der Waals surface area contributed by atoms with Crippen molar-refractivity contribution in [1.82, 2.24) is 5.32 Å². The SMILES string of the molecule is CC(C)C[C@H](NCc1cc(C(F)(F)F)cc(C(F)(F)F)c1)C(=O)O. The first-order valence-corrected chi connectivity index (χ1v) is 7.05. The molecule has 9 heteroatoms. The molecule has 0 saturated heterocycles. The molecule has 0 bridgehead atoms. The van der Waals surface area contributed by atoms with Gasteiger partial charge < -0.3 is 10.4 Å². The molecule has 0 aliphatic heterocycles. The van der Waals surface area contributed by atoms with Crippen molar-refractivity contribution in [3.8, 4) is 0 Å². The van der Waals surface area contributed by atoms with E-state index in [2.05, 4.69) is 5.32 Å². The van der Waals surface area contributed by atoms with Gasteiger partial charge in [0, 0.05) is 6.54 Å². The number of hydrogen-bond acceptors (Lipinski definition) is 2. The van der Waals surface area contributed by atoms with Gasteiger partial charge in [-0.15, -0.1) is 0 Å². The fourth-order valence-electron chi connectivity index (χ4n) is 2.11. The van der Waals surface area contributed by atoms with Crippen LogP contribution in [0, 0.1) is 5.92 Å². The Kier molecular flexibility index (Phi) is 6.26. The van der Waals surface area contributed by atoms with Gasteiger partial charge in [0.2, 0.25) is 0 Å². The molecule has 1 rings (SSSR count). The van der Waals surface area contributed by atoms with Crippen molar-refractivity contribution in [2.45, 2.75) is 45.2 Å². The Morgan fingerprint density at radius 2 is 1.50 bits per heavy atom. The zero-order valence-corrected chi connectivity index (χ0v) is 12.9. The molecule has 0 aliphatic rings. The fourth-order valence-corrected chi connectivity index (χ4v) is 2.11. The summed E-state index contributed by atoms with van der Waals surface area (Å²) in [6.07, 6.45) is -9.67. The normalized spacial score (nSPS) is 14.0. The van der Waals surface area contributed by atoms with Crippen molar-refractivity contribution >= 4 is 5.97 Å². The number of alkyl halides is 6. The molecule has 1 atom stereocenters. The first-order chi connectivity index (χ1) is 10.8. The molecule has 1 aromatic rings. The maximum absolute atomic E-state index is 12.8. The molecular weight excluding hydrogens is 340 g/mol. The Morgan fingerprint density at radius 1 is 1.04 bits per heavy atom. The van der Waals surface area contributed by atoms with Crippen LogP contribution in [0.15, 0.2) is 18.2 Å². The summed E-state index contributed by atoms with van der Waals surface area (Å²) in [4.78, 5) is 11.1. The average Bonchev–Trinajstić information content (AvgIpc) is 2.40. The van der Waals surface area contributed by atoms with E-state index in [1.165, 1.54) is 0 Å². The molecule has 24 heavy (non-hydrogen) atoms. The van der Waals surface area contributed by atoms with E-state index in [-0.39, 0.29) is 24.0 Å². The highest BCUT2D eigenvalue weighted by Crippen LogP contribution is 2.36. The largest absolute Gasteiger partial charge is 0.480 e. The molecule has 0 heterocycles. The van der Waals surface area contributed by atoms with Gasteiger partial charge >= 0.3 is 18.3 Å². The lowest BCUT2D eigenvalue weighted by Crippen LogP contribution is -2.37. The van der Waals surface area contributed by atoms with Crippen LogP contribution in [0.4, 0.5) is 26.3 Å². The summed E-state index contributed by atoms with van der Waals surface area (Å²) >= 11 is 0. The van der Waals surface area contributed by atoms with E-state index in [0.717, 1.165) is 0 Å². The Balaban J connectivity index is 3.08. The summed E-state index contributed by atoms with van der Waals surface area (Å²) in [6, 6.07) is 0.133. The molecule has 0 unspecified atom stereocenters. The predicted octanol–water partition coefficient (Wildman–Crippen LogP) is 4.31. The zero-order valence-electron chi connectivity index (χ0n) is 12.9. The third kappa shape index (κ3) is 6.03.